The molecule has 4 nitrogen and oxygen atoms in total. The van der Waals surface area contributed by atoms with Crippen molar-refractivity contribution in [2.75, 3.05) is 19.6 Å². The number of aryl methyl sites for hydroxylation is 1. The third-order valence-electron chi connectivity index (χ3n) is 4.20. The molecule has 3 rings (SSSR count). The number of hydrogen-bond donors (Lipinski definition) is 1. The number of hydrogen-bond acceptors (Lipinski definition) is 3. The molecule has 1 aromatic carbocycles. The minimum atomic E-state index is -3.28. The lowest BCUT2D eigenvalue weighted by atomic mass is 9.92. The molecule has 1 atom stereocenters. The SMILES string of the molecule is [2H]C([2H])(C)c1ccc(C([2H])([2H])NCC2(F)CCN(C(=O)c3ccc(F)c(Cl)c3)C([2H])([2H])C2([2H])[2H])nc1. The predicted octanol–water partition coefficient (Wildman–Crippen LogP) is 4.17. The lowest BCUT2D eigenvalue weighted by Gasteiger charge is -2.36. The van der Waals surface area contributed by atoms with Gasteiger partial charge in [-0.2, -0.15) is 0 Å². The average Bonchev–Trinajstić information content (AvgIpc) is 2.78. The lowest BCUT2D eigenvalue weighted by Crippen LogP contribution is -2.48. The Balaban J connectivity index is 1.81. The molecule has 0 spiro atoms. The Morgan fingerprint density at radius 1 is 1.46 bits per heavy atom. The van der Waals surface area contributed by atoms with Gasteiger partial charge in [0.15, 0.2) is 0 Å². The third-order valence-corrected chi connectivity index (χ3v) is 4.49. The summed E-state index contributed by atoms with van der Waals surface area (Å²) in [5.74, 6) is -1.80. The highest BCUT2D eigenvalue weighted by molar-refractivity contribution is 6.31. The van der Waals surface area contributed by atoms with E-state index in [0.717, 1.165) is 24.4 Å². The summed E-state index contributed by atoms with van der Waals surface area (Å²) in [7, 11) is 0. The molecule has 1 aliphatic rings. The fourth-order valence-corrected chi connectivity index (χ4v) is 2.72. The van der Waals surface area contributed by atoms with Crippen LogP contribution in [0, 0.1) is 5.82 Å². The van der Waals surface area contributed by atoms with E-state index in [-0.39, 0.29) is 21.8 Å². The van der Waals surface area contributed by atoms with Crippen LogP contribution in [0.2, 0.25) is 5.02 Å². The van der Waals surface area contributed by atoms with Crippen molar-refractivity contribution in [3.63, 3.8) is 0 Å². The number of nitrogens with zero attached hydrogens (tertiary/aromatic N) is 2. The smallest absolute Gasteiger partial charge is 0.253 e. The number of alkyl halides is 1. The van der Waals surface area contributed by atoms with Crippen LogP contribution >= 0.6 is 11.6 Å². The molecule has 0 radical (unpaired) electrons. The lowest BCUT2D eigenvalue weighted by molar-refractivity contribution is 0.0434. The first-order valence-electron chi connectivity index (χ1n) is 12.5. The van der Waals surface area contributed by atoms with Crippen LogP contribution in [-0.2, 0) is 12.9 Å². The van der Waals surface area contributed by atoms with Crippen molar-refractivity contribution in [1.82, 2.24) is 15.2 Å². The van der Waals surface area contributed by atoms with E-state index < -0.39 is 62.6 Å². The maximum absolute atomic E-state index is 15.9. The van der Waals surface area contributed by atoms with Gasteiger partial charge in [-0.1, -0.05) is 24.6 Å². The van der Waals surface area contributed by atoms with Crippen LogP contribution < -0.4 is 5.32 Å². The quantitative estimate of drug-likeness (QED) is 0.770. The summed E-state index contributed by atoms with van der Waals surface area (Å²) in [4.78, 5) is 17.3. The second-order valence-electron chi connectivity index (χ2n) is 6.20. The van der Waals surface area contributed by atoms with Crippen LogP contribution in [0.15, 0.2) is 36.5 Å². The van der Waals surface area contributed by atoms with Crippen LogP contribution in [0.25, 0.3) is 0 Å². The van der Waals surface area contributed by atoms with Gasteiger partial charge in [0.25, 0.3) is 5.91 Å². The van der Waals surface area contributed by atoms with Crippen molar-refractivity contribution in [2.24, 2.45) is 0 Å². The van der Waals surface area contributed by atoms with Crippen LogP contribution in [0.5, 0.6) is 0 Å². The Morgan fingerprint density at radius 2 is 2.29 bits per heavy atom. The highest BCUT2D eigenvalue weighted by atomic mass is 35.5. The molecular weight excluding hydrogens is 384 g/mol. The summed E-state index contributed by atoms with van der Waals surface area (Å²) in [6, 6.07) is 5.49. The number of carbonyl (C=O) groups is 1. The molecule has 0 aliphatic carbocycles. The number of rotatable bonds is 6. The molecule has 1 unspecified atom stereocenters. The van der Waals surface area contributed by atoms with Gasteiger partial charge in [-0.05, 0) is 36.2 Å². The van der Waals surface area contributed by atoms with E-state index in [2.05, 4.69) is 10.3 Å². The number of halogens is 3. The van der Waals surface area contributed by atoms with Crippen LogP contribution in [0.4, 0.5) is 8.78 Å². The minimum Gasteiger partial charge on any atom is -0.338 e. The largest absolute Gasteiger partial charge is 0.338 e. The van der Waals surface area contributed by atoms with Gasteiger partial charge < -0.3 is 10.2 Å². The predicted molar refractivity (Wildman–Crippen MR) is 106 cm³/mol. The Bertz CT molecular complexity index is 1150. The van der Waals surface area contributed by atoms with Crippen molar-refractivity contribution < 1.29 is 24.5 Å². The molecule has 150 valence electrons. The molecule has 2 heterocycles. The fraction of sp³-hybridized carbons (Fsp3) is 0.429. The standard InChI is InChI=1S/C21H24ClF2N3O/c1-2-15-3-5-17(26-12-15)13-25-14-21(24)7-9-27(10-8-21)20(28)16-4-6-19(23)18(22)11-16/h3-6,11-12,25H,2,7-10,13-14H2,1H3/i2D2,7D2,9D2,13D2. The zero-order chi connectivity index (χ0) is 27.3. The number of piperidine rings is 1. The first-order valence-corrected chi connectivity index (χ1v) is 8.89. The Morgan fingerprint density at radius 3 is 2.96 bits per heavy atom. The molecule has 0 saturated carbocycles. The van der Waals surface area contributed by atoms with Crippen molar-refractivity contribution in [1.29, 1.82) is 0 Å². The summed E-state index contributed by atoms with van der Waals surface area (Å²) in [6.07, 6.45) is -4.51. The van der Waals surface area contributed by atoms with Gasteiger partial charge in [0.2, 0.25) is 0 Å². The Hall–Kier alpha value is -2.05. The van der Waals surface area contributed by atoms with E-state index >= 15 is 4.39 Å². The van der Waals surface area contributed by atoms with Gasteiger partial charge in [0.05, 0.1) is 10.7 Å². The molecule has 0 bridgehead atoms. The van der Waals surface area contributed by atoms with E-state index in [1.165, 1.54) is 19.1 Å². The van der Waals surface area contributed by atoms with E-state index in [9.17, 15) is 9.18 Å². The van der Waals surface area contributed by atoms with E-state index in [1.54, 1.807) is 0 Å². The Kier molecular flexibility index (Phi) is 4.00. The molecule has 1 saturated heterocycles. The number of carbonyl (C=O) groups excluding carboxylic acids is 1. The van der Waals surface area contributed by atoms with Gasteiger partial charge in [-0.25, -0.2) is 8.78 Å². The highest BCUT2D eigenvalue weighted by Crippen LogP contribution is 2.27. The number of benzene rings is 1. The zero-order valence-corrected chi connectivity index (χ0v) is 15.8. The minimum absolute atomic E-state index is 0.201. The topological polar surface area (TPSA) is 45.2 Å². The van der Waals surface area contributed by atoms with E-state index in [1.807, 2.05) is 0 Å². The number of pyridine rings is 1. The summed E-state index contributed by atoms with van der Waals surface area (Å²) in [5, 5.41) is 1.87. The fourth-order valence-electron chi connectivity index (χ4n) is 2.54. The maximum atomic E-state index is 15.9. The number of amides is 1. The number of aromatic nitrogens is 1. The maximum Gasteiger partial charge on any atom is 0.253 e. The van der Waals surface area contributed by atoms with Gasteiger partial charge in [0, 0.05) is 61.6 Å². The van der Waals surface area contributed by atoms with Crippen LogP contribution in [0.3, 0.4) is 0 Å². The van der Waals surface area contributed by atoms with Gasteiger partial charge in [-0.15, -0.1) is 0 Å². The molecular formula is C21H24ClF2N3O. The number of likely N-dealkylation sites (tertiary alicyclic amines) is 1. The van der Waals surface area contributed by atoms with Crippen LogP contribution in [-0.4, -0.2) is 41.0 Å². The van der Waals surface area contributed by atoms with E-state index in [4.69, 9.17) is 22.6 Å². The first kappa shape index (κ1) is 12.5. The first-order chi connectivity index (χ1) is 16.3. The second kappa shape index (κ2) is 8.97. The molecule has 7 heteroatoms. The second-order valence-corrected chi connectivity index (χ2v) is 6.61. The van der Waals surface area contributed by atoms with Crippen molar-refractivity contribution in [2.45, 2.75) is 38.3 Å². The molecule has 1 fully saturated rings. The van der Waals surface area contributed by atoms with Crippen molar-refractivity contribution in [3.8, 4) is 0 Å². The van der Waals surface area contributed by atoms with Crippen molar-refractivity contribution in [3.05, 3.63) is 64.2 Å². The monoisotopic (exact) mass is 415 g/mol. The molecule has 2 aromatic rings. The molecule has 1 aliphatic heterocycles. The summed E-state index contributed by atoms with van der Waals surface area (Å²) in [5.41, 5.74) is -3.13. The molecule has 1 N–H and O–H groups in total. The average molecular weight is 416 g/mol. The Labute approximate surface area is 180 Å². The van der Waals surface area contributed by atoms with Gasteiger partial charge in [-0.3, -0.25) is 9.78 Å². The van der Waals surface area contributed by atoms with Gasteiger partial charge in [0.1, 0.15) is 11.5 Å². The normalized spacial score (nSPS) is 28.5. The molecule has 28 heavy (non-hydrogen) atoms. The van der Waals surface area contributed by atoms with Crippen molar-refractivity contribution >= 4 is 17.5 Å². The highest BCUT2D eigenvalue weighted by Gasteiger charge is 2.35. The number of nitrogens with one attached hydrogen (secondary N) is 1. The zero-order valence-electron chi connectivity index (χ0n) is 23.0. The van der Waals surface area contributed by atoms with Gasteiger partial charge >= 0.3 is 0 Å². The third kappa shape index (κ3) is 5.06. The molecule has 1 amide bonds. The summed E-state index contributed by atoms with van der Waals surface area (Å²) in [6.45, 7) is -5.80. The van der Waals surface area contributed by atoms with Crippen LogP contribution in [0.1, 0.15) is 52.3 Å². The van der Waals surface area contributed by atoms with E-state index in [0.29, 0.717) is 4.90 Å². The summed E-state index contributed by atoms with van der Waals surface area (Å²) < 4.78 is 94.3. The summed E-state index contributed by atoms with van der Waals surface area (Å²) >= 11 is 5.69. The molecule has 1 aromatic heterocycles.